The monoisotopic (exact) mass is 315 g/mol. The number of likely N-dealkylation sites (N-methyl/N-ethyl adjacent to an activating group) is 1. The fourth-order valence-electron chi connectivity index (χ4n) is 2.55. The number of urea groups is 1. The number of nitrogens with one attached hydrogen (secondary N) is 2. The Labute approximate surface area is 132 Å². The standard InChI is InChI=1S/C15H17N5O3/c1-19(9-13(21)20-7-6-16-15(20)23)8-12-17-11-5-3-2-4-10(11)14(22)18-12/h2-5H,6-9H2,1H3,(H,16,23)(H,17,18,22). The van der Waals surface area contributed by atoms with E-state index < -0.39 is 0 Å². The van der Waals surface area contributed by atoms with Crippen LogP contribution in [0.3, 0.4) is 0 Å². The molecule has 8 nitrogen and oxygen atoms in total. The number of H-pyrrole nitrogens is 1. The largest absolute Gasteiger partial charge is 0.336 e. The quantitative estimate of drug-likeness (QED) is 0.821. The van der Waals surface area contributed by atoms with Gasteiger partial charge in [-0.25, -0.2) is 9.78 Å². The average molecular weight is 315 g/mol. The van der Waals surface area contributed by atoms with E-state index in [1.54, 1.807) is 30.1 Å². The van der Waals surface area contributed by atoms with Gasteiger partial charge in [0.15, 0.2) is 0 Å². The van der Waals surface area contributed by atoms with Gasteiger partial charge < -0.3 is 10.3 Å². The van der Waals surface area contributed by atoms with E-state index in [1.165, 1.54) is 4.90 Å². The van der Waals surface area contributed by atoms with Crippen molar-refractivity contribution in [1.29, 1.82) is 0 Å². The van der Waals surface area contributed by atoms with Crippen molar-refractivity contribution < 1.29 is 9.59 Å². The number of benzene rings is 1. The van der Waals surface area contributed by atoms with Gasteiger partial charge in [0.2, 0.25) is 5.91 Å². The molecule has 3 rings (SSSR count). The number of para-hydroxylation sites is 1. The number of imide groups is 1. The lowest BCUT2D eigenvalue weighted by Gasteiger charge is -2.19. The molecule has 0 aliphatic carbocycles. The zero-order chi connectivity index (χ0) is 16.4. The highest BCUT2D eigenvalue weighted by Gasteiger charge is 2.26. The molecule has 23 heavy (non-hydrogen) atoms. The van der Waals surface area contributed by atoms with Crippen LogP contribution < -0.4 is 10.9 Å². The van der Waals surface area contributed by atoms with Crippen molar-refractivity contribution >= 4 is 22.8 Å². The van der Waals surface area contributed by atoms with Crippen LogP contribution in [-0.2, 0) is 11.3 Å². The highest BCUT2D eigenvalue weighted by molar-refractivity contribution is 5.96. The maximum absolute atomic E-state index is 12.1. The molecule has 2 N–H and O–H groups in total. The molecule has 2 aromatic rings. The van der Waals surface area contributed by atoms with Crippen molar-refractivity contribution in [3.05, 3.63) is 40.4 Å². The van der Waals surface area contributed by atoms with Crippen LogP contribution in [0, 0.1) is 0 Å². The third-order valence-corrected chi connectivity index (χ3v) is 3.64. The molecule has 0 atom stereocenters. The van der Waals surface area contributed by atoms with Crippen LogP contribution in [0.25, 0.3) is 10.9 Å². The van der Waals surface area contributed by atoms with Crippen LogP contribution in [0.4, 0.5) is 4.79 Å². The molecule has 0 radical (unpaired) electrons. The third kappa shape index (κ3) is 3.21. The molecule has 8 heteroatoms. The molecule has 3 amide bonds. The number of hydrogen-bond donors (Lipinski definition) is 2. The minimum absolute atomic E-state index is 0.0734. The van der Waals surface area contributed by atoms with Gasteiger partial charge in [-0.15, -0.1) is 0 Å². The summed E-state index contributed by atoms with van der Waals surface area (Å²) in [7, 11) is 1.74. The Balaban J connectivity index is 1.70. The molecule has 120 valence electrons. The fourth-order valence-corrected chi connectivity index (χ4v) is 2.55. The first-order valence-electron chi connectivity index (χ1n) is 7.29. The number of rotatable bonds is 4. The second kappa shape index (κ2) is 6.17. The zero-order valence-electron chi connectivity index (χ0n) is 12.7. The van der Waals surface area contributed by atoms with Crippen molar-refractivity contribution in [1.82, 2.24) is 25.1 Å². The first kappa shape index (κ1) is 15.2. The highest BCUT2D eigenvalue weighted by Crippen LogP contribution is 2.07. The number of aromatic nitrogens is 2. The Hall–Kier alpha value is -2.74. The summed E-state index contributed by atoms with van der Waals surface area (Å²) in [4.78, 5) is 45.6. The van der Waals surface area contributed by atoms with Gasteiger partial charge in [-0.2, -0.15) is 0 Å². The second-order valence-electron chi connectivity index (χ2n) is 5.48. The fraction of sp³-hybridized carbons (Fsp3) is 0.333. The minimum Gasteiger partial charge on any atom is -0.336 e. The first-order chi connectivity index (χ1) is 11.0. The number of carbonyl (C=O) groups excluding carboxylic acids is 2. The smallest absolute Gasteiger partial charge is 0.324 e. The third-order valence-electron chi connectivity index (χ3n) is 3.64. The van der Waals surface area contributed by atoms with E-state index in [0.717, 1.165) is 0 Å². The van der Waals surface area contributed by atoms with Crippen LogP contribution in [0.15, 0.2) is 29.1 Å². The number of nitrogens with zero attached hydrogens (tertiary/aromatic N) is 3. The van der Waals surface area contributed by atoms with E-state index in [9.17, 15) is 14.4 Å². The molecule has 1 aromatic carbocycles. The molecule has 0 saturated carbocycles. The number of amides is 3. The van der Waals surface area contributed by atoms with Gasteiger partial charge in [0.25, 0.3) is 5.56 Å². The normalized spacial score (nSPS) is 14.5. The topological polar surface area (TPSA) is 98.4 Å². The molecule has 1 saturated heterocycles. The SMILES string of the molecule is CN(CC(=O)N1CCNC1=O)Cc1nc2ccccc2c(=O)[nH]1. The van der Waals surface area contributed by atoms with Crippen LogP contribution in [0.5, 0.6) is 0 Å². The predicted molar refractivity (Wildman–Crippen MR) is 83.8 cm³/mol. The highest BCUT2D eigenvalue weighted by atomic mass is 16.2. The molecule has 2 heterocycles. The molecule has 1 aliphatic rings. The van der Waals surface area contributed by atoms with Gasteiger partial charge in [-0.3, -0.25) is 19.4 Å². The molecule has 1 aliphatic heterocycles. The lowest BCUT2D eigenvalue weighted by Crippen LogP contribution is -2.40. The van der Waals surface area contributed by atoms with Gasteiger partial charge in [0.1, 0.15) is 5.82 Å². The maximum Gasteiger partial charge on any atom is 0.324 e. The van der Waals surface area contributed by atoms with E-state index in [0.29, 0.717) is 36.4 Å². The Morgan fingerprint density at radius 3 is 2.87 bits per heavy atom. The van der Waals surface area contributed by atoms with Crippen molar-refractivity contribution in [3.8, 4) is 0 Å². The van der Waals surface area contributed by atoms with Crippen molar-refractivity contribution in [2.75, 3.05) is 26.7 Å². The summed E-state index contributed by atoms with van der Waals surface area (Å²) in [5, 5.41) is 3.12. The second-order valence-corrected chi connectivity index (χ2v) is 5.48. The van der Waals surface area contributed by atoms with E-state index in [-0.39, 0.29) is 24.0 Å². The Morgan fingerprint density at radius 2 is 2.13 bits per heavy atom. The maximum atomic E-state index is 12.1. The first-order valence-corrected chi connectivity index (χ1v) is 7.29. The van der Waals surface area contributed by atoms with Crippen LogP contribution in [0.1, 0.15) is 5.82 Å². The van der Waals surface area contributed by atoms with Gasteiger partial charge in [0.05, 0.1) is 24.0 Å². The molecule has 0 unspecified atom stereocenters. The van der Waals surface area contributed by atoms with Crippen molar-refractivity contribution in [3.63, 3.8) is 0 Å². The Bertz CT molecular complexity index is 816. The Morgan fingerprint density at radius 1 is 1.35 bits per heavy atom. The van der Waals surface area contributed by atoms with E-state index in [1.807, 2.05) is 6.07 Å². The molecule has 1 fully saturated rings. The molecular formula is C15H17N5O3. The minimum atomic E-state index is -0.361. The number of hydrogen-bond acceptors (Lipinski definition) is 5. The lowest BCUT2D eigenvalue weighted by atomic mass is 10.2. The van der Waals surface area contributed by atoms with Gasteiger partial charge in [-0.05, 0) is 19.2 Å². The number of aromatic amines is 1. The van der Waals surface area contributed by atoms with Gasteiger partial charge >= 0.3 is 6.03 Å². The van der Waals surface area contributed by atoms with Crippen molar-refractivity contribution in [2.45, 2.75) is 6.54 Å². The molecule has 1 aromatic heterocycles. The van der Waals surface area contributed by atoms with E-state index in [4.69, 9.17) is 0 Å². The van der Waals surface area contributed by atoms with E-state index in [2.05, 4.69) is 15.3 Å². The summed E-state index contributed by atoms with van der Waals surface area (Å²) < 4.78 is 0. The Kier molecular flexibility index (Phi) is 4.07. The molecule has 0 spiro atoms. The zero-order valence-corrected chi connectivity index (χ0v) is 12.7. The van der Waals surface area contributed by atoms with Crippen molar-refractivity contribution in [2.24, 2.45) is 0 Å². The van der Waals surface area contributed by atoms with Crippen LogP contribution in [-0.4, -0.2) is 58.4 Å². The summed E-state index contributed by atoms with van der Waals surface area (Å²) in [6.07, 6.45) is 0. The van der Waals surface area contributed by atoms with E-state index >= 15 is 0 Å². The molecular weight excluding hydrogens is 298 g/mol. The number of fused-ring (bicyclic) bond motifs is 1. The van der Waals surface area contributed by atoms with Crippen LogP contribution in [0.2, 0.25) is 0 Å². The van der Waals surface area contributed by atoms with Gasteiger partial charge in [0, 0.05) is 13.1 Å². The summed E-state index contributed by atoms with van der Waals surface area (Å²) in [5.41, 5.74) is 0.411. The van der Waals surface area contributed by atoms with Crippen LogP contribution >= 0.6 is 0 Å². The lowest BCUT2D eigenvalue weighted by molar-refractivity contribution is -0.128. The summed E-state index contributed by atoms with van der Waals surface area (Å²) in [6.45, 7) is 1.25. The summed E-state index contributed by atoms with van der Waals surface area (Å²) >= 11 is 0. The molecule has 0 bridgehead atoms. The van der Waals surface area contributed by atoms with Gasteiger partial charge in [-0.1, -0.05) is 12.1 Å². The predicted octanol–water partition coefficient (Wildman–Crippen LogP) is -0.0933. The summed E-state index contributed by atoms with van der Waals surface area (Å²) in [5.74, 6) is 0.209. The average Bonchev–Trinajstić information content (AvgIpc) is 2.93. The summed E-state index contributed by atoms with van der Waals surface area (Å²) in [6, 6.07) is 6.72. The number of carbonyl (C=O) groups is 2.